The minimum absolute atomic E-state index is 0.149. The fourth-order valence-corrected chi connectivity index (χ4v) is 1.21. The third-order valence-corrected chi connectivity index (χ3v) is 2.07. The lowest BCUT2D eigenvalue weighted by molar-refractivity contribution is 1.01. The zero-order valence-electron chi connectivity index (χ0n) is 4.50. The summed E-state index contributed by atoms with van der Waals surface area (Å²) in [6, 6.07) is 0. The van der Waals surface area contributed by atoms with Gasteiger partial charge in [0.15, 0.2) is 0 Å². The fourth-order valence-electron chi connectivity index (χ4n) is 0.181. The summed E-state index contributed by atoms with van der Waals surface area (Å²) in [5.74, 6) is 0. The lowest BCUT2D eigenvalue weighted by atomic mass is 10.6. The van der Waals surface area contributed by atoms with Crippen molar-refractivity contribution in [1.82, 2.24) is 5.32 Å². The first-order valence-corrected chi connectivity index (χ1v) is 5.04. The van der Waals surface area contributed by atoms with Crippen LogP contribution in [0.4, 0.5) is 0 Å². The molecule has 0 saturated heterocycles. The van der Waals surface area contributed by atoms with Crippen LogP contribution in [-0.2, 0) is 0 Å². The molecule has 0 aromatic heterocycles. The minimum atomic E-state index is 0.149. The third kappa shape index (κ3) is 3.98. The van der Waals surface area contributed by atoms with Gasteiger partial charge in [-0.25, -0.2) is 0 Å². The molecule has 7 heavy (non-hydrogen) atoms. The number of alkyl halides is 1. The van der Waals surface area contributed by atoms with E-state index in [0.717, 1.165) is 10.1 Å². The van der Waals surface area contributed by atoms with Crippen molar-refractivity contribution < 1.29 is 0 Å². The zero-order valence-corrected chi connectivity index (χ0v) is 6.66. The Balaban J connectivity index is 3.17. The highest BCUT2D eigenvalue weighted by molar-refractivity contribution is 14.2. The topological polar surface area (TPSA) is 12.0 Å². The molecule has 0 aromatic carbocycles. The van der Waals surface area contributed by atoms with Gasteiger partial charge in [-0.3, -0.25) is 0 Å². The molecule has 0 fully saturated rings. The van der Waals surface area contributed by atoms with E-state index in [1.54, 1.807) is 0 Å². The first kappa shape index (κ1) is 7.14. The molecule has 1 nitrogen and oxygen atoms in total. The molecule has 1 N–H and O–H groups in total. The van der Waals surface area contributed by atoms with Gasteiger partial charge >= 0.3 is 0 Å². The van der Waals surface area contributed by atoms with Gasteiger partial charge in [-0.2, -0.15) is 0 Å². The first-order chi connectivity index (χ1) is 3.31. The lowest BCUT2D eigenvalue weighted by Crippen LogP contribution is -2.04. The van der Waals surface area contributed by atoms with Crippen LogP contribution >= 0.6 is 20.7 Å². The van der Waals surface area contributed by atoms with Gasteiger partial charge in [0.2, 0.25) is 0 Å². The molecule has 0 radical (unpaired) electrons. The molecule has 0 aromatic rings. The molecule has 0 aliphatic carbocycles. The lowest BCUT2D eigenvalue weighted by Gasteiger charge is -1.95. The number of rotatable bonds is 3. The van der Waals surface area contributed by atoms with E-state index in [2.05, 4.69) is 16.4 Å². The van der Waals surface area contributed by atoms with Crippen molar-refractivity contribution in [2.45, 2.75) is 0 Å². The van der Waals surface area contributed by atoms with Crippen LogP contribution in [0.2, 0.25) is 0 Å². The van der Waals surface area contributed by atoms with Crippen molar-refractivity contribution in [1.29, 1.82) is 0 Å². The van der Waals surface area contributed by atoms with Crippen LogP contribution in [-0.4, -0.2) is 16.0 Å². The van der Waals surface area contributed by atoms with E-state index in [1.165, 1.54) is 0 Å². The van der Waals surface area contributed by atoms with E-state index in [0.29, 0.717) is 0 Å². The highest BCUT2D eigenvalue weighted by atomic mass is 127. The van der Waals surface area contributed by atoms with Crippen LogP contribution < -0.4 is 5.32 Å². The smallest absolute Gasteiger partial charge is 0.0336 e. The van der Waals surface area contributed by atoms with E-state index in [-0.39, 0.29) is 20.7 Å². The molecular formula is C5H10IN. The quantitative estimate of drug-likeness (QED) is 0.544. The molecule has 0 aliphatic rings. The fraction of sp³-hybridized carbons (Fsp3) is 0.400. The second-order valence-corrected chi connectivity index (χ2v) is 3.02. The Hall–Kier alpha value is 0.140. The molecule has 2 heteroatoms. The Morgan fingerprint density at radius 3 is 2.57 bits per heavy atom. The second kappa shape index (κ2) is 4.30. The Morgan fingerprint density at radius 1 is 1.86 bits per heavy atom. The molecule has 0 bridgehead atoms. The van der Waals surface area contributed by atoms with Crippen LogP contribution in [0.3, 0.4) is 0 Å². The van der Waals surface area contributed by atoms with Crippen LogP contribution in [0.15, 0.2) is 12.3 Å². The normalized spacial score (nSPS) is 8.14. The van der Waals surface area contributed by atoms with Crippen molar-refractivity contribution in [3.05, 3.63) is 12.3 Å². The molecule has 0 atom stereocenters. The van der Waals surface area contributed by atoms with Gasteiger partial charge in [0, 0.05) is 17.2 Å². The largest absolute Gasteiger partial charge is 0.391 e. The van der Waals surface area contributed by atoms with E-state index in [1.807, 2.05) is 7.05 Å². The van der Waals surface area contributed by atoms with Crippen molar-refractivity contribution in [2.24, 2.45) is 0 Å². The molecule has 0 spiro atoms. The van der Waals surface area contributed by atoms with E-state index >= 15 is 0 Å². The van der Waals surface area contributed by atoms with Crippen LogP contribution in [0, 0.1) is 0 Å². The molecule has 0 heterocycles. The Morgan fingerprint density at radius 2 is 2.43 bits per heavy atom. The van der Waals surface area contributed by atoms with Gasteiger partial charge < -0.3 is 5.32 Å². The Bertz CT molecular complexity index is 78.1. The monoisotopic (exact) mass is 211 g/mol. The van der Waals surface area contributed by atoms with Crippen molar-refractivity contribution >= 4 is 25.2 Å². The SMILES string of the molecule is C=ICC(=C)NC. The molecule has 0 unspecified atom stereocenters. The highest BCUT2D eigenvalue weighted by Crippen LogP contribution is 1.95. The Kier molecular flexibility index (Phi) is 4.39. The molecule has 0 rings (SSSR count). The van der Waals surface area contributed by atoms with Gasteiger partial charge in [-0.05, 0) is 0 Å². The van der Waals surface area contributed by atoms with E-state index in [9.17, 15) is 0 Å². The van der Waals surface area contributed by atoms with Gasteiger partial charge in [0.1, 0.15) is 0 Å². The summed E-state index contributed by atoms with van der Waals surface area (Å²) in [6.07, 6.45) is 0. The van der Waals surface area contributed by atoms with Gasteiger partial charge in [0.25, 0.3) is 0 Å². The van der Waals surface area contributed by atoms with Crippen LogP contribution in [0.5, 0.6) is 0 Å². The summed E-state index contributed by atoms with van der Waals surface area (Å²) >= 11 is 0.149. The maximum Gasteiger partial charge on any atom is 0.0336 e. The molecule has 42 valence electrons. The maximum absolute atomic E-state index is 3.78. The molecule has 0 amide bonds. The summed E-state index contributed by atoms with van der Waals surface area (Å²) in [5, 5.41) is 2.96. The summed E-state index contributed by atoms with van der Waals surface area (Å²) in [7, 11) is 1.89. The number of halogens is 1. The average Bonchev–Trinajstić information content (AvgIpc) is 1.68. The van der Waals surface area contributed by atoms with E-state index < -0.39 is 0 Å². The predicted molar refractivity (Wildman–Crippen MR) is 44.2 cm³/mol. The van der Waals surface area contributed by atoms with Crippen LogP contribution in [0.1, 0.15) is 0 Å². The first-order valence-electron chi connectivity index (χ1n) is 1.99. The number of hydrogen-bond donors (Lipinski definition) is 1. The number of allylic oxidation sites excluding steroid dienone is 1. The summed E-state index contributed by atoms with van der Waals surface area (Å²) in [4.78, 5) is 0. The van der Waals surface area contributed by atoms with Crippen molar-refractivity contribution in [3.63, 3.8) is 0 Å². The highest BCUT2D eigenvalue weighted by Gasteiger charge is 1.78. The zero-order chi connectivity index (χ0) is 5.70. The number of hydrogen-bond acceptors (Lipinski definition) is 1. The second-order valence-electron chi connectivity index (χ2n) is 1.18. The van der Waals surface area contributed by atoms with Crippen molar-refractivity contribution in [3.8, 4) is 0 Å². The van der Waals surface area contributed by atoms with E-state index in [4.69, 9.17) is 0 Å². The predicted octanol–water partition coefficient (Wildman–Crippen LogP) is 1.12. The molecular weight excluding hydrogens is 201 g/mol. The van der Waals surface area contributed by atoms with Gasteiger partial charge in [-0.15, -0.1) is 20.7 Å². The summed E-state index contributed by atoms with van der Waals surface area (Å²) < 4.78 is 4.88. The summed E-state index contributed by atoms with van der Waals surface area (Å²) in [5.41, 5.74) is 1.11. The summed E-state index contributed by atoms with van der Waals surface area (Å²) in [6.45, 7) is 3.74. The molecule has 0 saturated carbocycles. The Labute approximate surface area is 54.6 Å². The third-order valence-electron chi connectivity index (χ3n) is 0.609. The molecule has 0 aliphatic heterocycles. The van der Waals surface area contributed by atoms with Gasteiger partial charge in [0.05, 0.1) is 0 Å². The average molecular weight is 211 g/mol. The number of nitrogens with one attached hydrogen (secondary N) is 1. The van der Waals surface area contributed by atoms with Gasteiger partial charge in [-0.1, -0.05) is 11.1 Å². The maximum atomic E-state index is 3.78. The van der Waals surface area contributed by atoms with Crippen molar-refractivity contribution in [2.75, 3.05) is 11.5 Å². The minimum Gasteiger partial charge on any atom is -0.391 e. The standard InChI is InChI=1S/C5H10IN/c1-5(7-3)4-6-2/h7H,1-2,4H2,3H3. The van der Waals surface area contributed by atoms with Crippen LogP contribution in [0.25, 0.3) is 0 Å².